The van der Waals surface area contributed by atoms with Crippen LogP contribution in [0.1, 0.15) is 112 Å². The van der Waals surface area contributed by atoms with Gasteiger partial charge in [-0.1, -0.05) is 52.0 Å². The van der Waals surface area contributed by atoms with Crippen molar-refractivity contribution in [3.05, 3.63) is 58.7 Å². The summed E-state index contributed by atoms with van der Waals surface area (Å²) >= 11 is 0. The van der Waals surface area contributed by atoms with Crippen molar-refractivity contribution in [2.45, 2.75) is 89.9 Å². The molecule has 8 unspecified atom stereocenters. The van der Waals surface area contributed by atoms with Gasteiger partial charge in [0.1, 0.15) is 11.5 Å². The molecule has 172 valence electrons. The number of hydrogen-bond donors (Lipinski definition) is 2. The Morgan fingerprint density at radius 2 is 1.28 bits per heavy atom. The van der Waals surface area contributed by atoms with Crippen molar-refractivity contribution >= 4 is 0 Å². The molecule has 2 bridgehead atoms. The third-order valence-electron chi connectivity index (χ3n) is 9.76. The van der Waals surface area contributed by atoms with Crippen LogP contribution in [0, 0.1) is 23.7 Å². The first kappa shape index (κ1) is 21.9. The lowest BCUT2D eigenvalue weighted by Gasteiger charge is -2.32. The zero-order valence-corrected chi connectivity index (χ0v) is 20.2. The molecule has 3 fully saturated rings. The van der Waals surface area contributed by atoms with E-state index >= 15 is 0 Å². The molecule has 3 aliphatic rings. The summed E-state index contributed by atoms with van der Waals surface area (Å²) in [6.45, 7) is 8.85. The molecule has 0 radical (unpaired) electrons. The molecular formula is C30H40O2. The van der Waals surface area contributed by atoms with E-state index in [1.54, 1.807) is 0 Å². The summed E-state index contributed by atoms with van der Waals surface area (Å²) in [7, 11) is 0. The average molecular weight is 433 g/mol. The fraction of sp³-hybridized carbons (Fsp3) is 0.600. The highest BCUT2D eigenvalue weighted by Gasteiger charge is 2.56. The summed E-state index contributed by atoms with van der Waals surface area (Å²) in [6, 6.07) is 12.9. The summed E-state index contributed by atoms with van der Waals surface area (Å²) in [6.07, 6.45) is 7.49. The minimum absolute atomic E-state index is 0.408. The second-order valence-corrected chi connectivity index (χ2v) is 11.3. The van der Waals surface area contributed by atoms with Crippen molar-refractivity contribution in [1.29, 1.82) is 0 Å². The van der Waals surface area contributed by atoms with Crippen molar-refractivity contribution in [2.75, 3.05) is 0 Å². The van der Waals surface area contributed by atoms with Gasteiger partial charge >= 0.3 is 0 Å². The molecule has 0 aliphatic heterocycles. The average Bonchev–Trinajstić information content (AvgIpc) is 3.51. The van der Waals surface area contributed by atoms with Crippen molar-refractivity contribution in [3.63, 3.8) is 0 Å². The smallest absolute Gasteiger partial charge is 0.119 e. The number of hydrogen-bond acceptors (Lipinski definition) is 2. The number of aromatic hydroxyl groups is 2. The van der Waals surface area contributed by atoms with Crippen molar-refractivity contribution in [2.24, 2.45) is 23.7 Å². The van der Waals surface area contributed by atoms with Crippen LogP contribution >= 0.6 is 0 Å². The lowest BCUT2D eigenvalue weighted by molar-refractivity contribution is 0.232. The van der Waals surface area contributed by atoms with Crippen molar-refractivity contribution in [1.82, 2.24) is 0 Å². The zero-order chi connectivity index (χ0) is 22.6. The van der Waals surface area contributed by atoms with Gasteiger partial charge in [0.15, 0.2) is 0 Å². The van der Waals surface area contributed by atoms with E-state index in [1.807, 2.05) is 12.1 Å². The first-order chi connectivity index (χ1) is 15.4. The highest BCUT2D eigenvalue weighted by Crippen LogP contribution is 2.66. The maximum atomic E-state index is 10.4. The van der Waals surface area contributed by atoms with Gasteiger partial charge in [-0.25, -0.2) is 0 Å². The highest BCUT2D eigenvalue weighted by atomic mass is 16.3. The molecule has 0 spiro atoms. The largest absolute Gasteiger partial charge is 0.508 e. The maximum Gasteiger partial charge on any atom is 0.119 e. The van der Waals surface area contributed by atoms with E-state index < -0.39 is 0 Å². The summed E-state index contributed by atoms with van der Waals surface area (Å²) in [5, 5.41) is 20.8. The van der Waals surface area contributed by atoms with Gasteiger partial charge in [0.25, 0.3) is 0 Å². The third kappa shape index (κ3) is 3.55. The predicted octanol–water partition coefficient (Wildman–Crippen LogP) is 8.06. The summed E-state index contributed by atoms with van der Waals surface area (Å²) < 4.78 is 0. The van der Waals surface area contributed by atoms with Crippen LogP contribution in [0.4, 0.5) is 0 Å². The van der Waals surface area contributed by atoms with Gasteiger partial charge in [-0.3, -0.25) is 0 Å². The van der Waals surface area contributed by atoms with Crippen LogP contribution in [0.2, 0.25) is 0 Å². The quantitative estimate of drug-likeness (QED) is 0.484. The lowest BCUT2D eigenvalue weighted by atomic mass is 9.73. The predicted molar refractivity (Wildman–Crippen MR) is 132 cm³/mol. The summed E-state index contributed by atoms with van der Waals surface area (Å²) in [4.78, 5) is 0. The molecule has 0 saturated heterocycles. The molecular weight excluding hydrogens is 392 g/mol. The van der Waals surface area contributed by atoms with Gasteiger partial charge in [-0.05, 0) is 120 Å². The van der Waals surface area contributed by atoms with Gasteiger partial charge in [0.2, 0.25) is 0 Å². The Hall–Kier alpha value is -1.96. The number of phenols is 2. The van der Waals surface area contributed by atoms with Crippen LogP contribution in [0.15, 0.2) is 36.4 Å². The molecule has 2 nitrogen and oxygen atoms in total. The molecule has 5 rings (SSSR count). The van der Waals surface area contributed by atoms with Gasteiger partial charge in [-0.15, -0.1) is 0 Å². The van der Waals surface area contributed by atoms with Crippen LogP contribution in [-0.4, -0.2) is 10.2 Å². The number of rotatable bonds is 6. The van der Waals surface area contributed by atoms with Crippen LogP contribution in [0.25, 0.3) is 0 Å². The minimum atomic E-state index is 0.408. The molecule has 0 heterocycles. The Morgan fingerprint density at radius 1 is 0.719 bits per heavy atom. The summed E-state index contributed by atoms with van der Waals surface area (Å²) in [5.74, 6) is 6.45. The van der Waals surface area contributed by atoms with Crippen LogP contribution < -0.4 is 0 Å². The molecule has 0 aromatic heterocycles. The monoisotopic (exact) mass is 432 g/mol. The highest BCUT2D eigenvalue weighted by molar-refractivity contribution is 5.42. The number of fused-ring (bicyclic) bond motifs is 5. The van der Waals surface area contributed by atoms with E-state index in [-0.39, 0.29) is 0 Å². The van der Waals surface area contributed by atoms with Crippen molar-refractivity contribution in [3.8, 4) is 11.5 Å². The fourth-order valence-corrected chi connectivity index (χ4v) is 7.59. The van der Waals surface area contributed by atoms with Crippen LogP contribution in [-0.2, 0) is 0 Å². The minimum Gasteiger partial charge on any atom is -0.508 e. The SMILES string of the molecule is CCC(C)c1cc(C2CC3C4CC(c5ccc(O)c(C(C)CC)c5)C(C4)C3C2)ccc1O. The van der Waals surface area contributed by atoms with Gasteiger partial charge in [0.05, 0.1) is 0 Å². The van der Waals surface area contributed by atoms with Crippen LogP contribution in [0.5, 0.6) is 11.5 Å². The Labute approximate surface area is 194 Å². The van der Waals surface area contributed by atoms with Crippen LogP contribution in [0.3, 0.4) is 0 Å². The zero-order valence-electron chi connectivity index (χ0n) is 20.2. The van der Waals surface area contributed by atoms with E-state index in [4.69, 9.17) is 0 Å². The van der Waals surface area contributed by atoms with E-state index in [0.717, 1.165) is 47.6 Å². The molecule has 2 aromatic rings. The van der Waals surface area contributed by atoms with Gasteiger partial charge in [-0.2, -0.15) is 0 Å². The molecule has 2 N–H and O–H groups in total. The van der Waals surface area contributed by atoms with Crippen molar-refractivity contribution < 1.29 is 10.2 Å². The molecule has 3 saturated carbocycles. The van der Waals surface area contributed by atoms with E-state index in [0.29, 0.717) is 35.2 Å². The Bertz CT molecular complexity index is 979. The Kier molecular flexibility index (Phi) is 5.76. The second-order valence-electron chi connectivity index (χ2n) is 11.3. The third-order valence-corrected chi connectivity index (χ3v) is 9.76. The first-order valence-corrected chi connectivity index (χ1v) is 13.1. The molecule has 32 heavy (non-hydrogen) atoms. The molecule has 2 heteroatoms. The van der Waals surface area contributed by atoms with Gasteiger partial charge < -0.3 is 10.2 Å². The first-order valence-electron chi connectivity index (χ1n) is 13.1. The van der Waals surface area contributed by atoms with E-state index in [9.17, 15) is 10.2 Å². The standard InChI is InChI=1S/C30H40O2/c1-5-17(3)23-11-19(7-9-29(23)31)21-13-26-22-15-25(28(16-22)27(26)14-21)20-8-10-30(32)24(12-20)18(4)6-2/h7-12,17-18,21-22,25-28,31-32H,5-6,13-16H2,1-4H3. The topological polar surface area (TPSA) is 40.5 Å². The summed E-state index contributed by atoms with van der Waals surface area (Å²) in [5.41, 5.74) is 5.18. The fourth-order valence-electron chi connectivity index (χ4n) is 7.59. The molecule has 8 atom stereocenters. The van der Waals surface area contributed by atoms with E-state index in [1.165, 1.54) is 36.8 Å². The van der Waals surface area contributed by atoms with Gasteiger partial charge in [0, 0.05) is 0 Å². The number of benzene rings is 2. The Balaban J connectivity index is 1.36. The number of phenolic OH excluding ortho intramolecular Hbond substituents is 2. The maximum absolute atomic E-state index is 10.4. The molecule has 3 aliphatic carbocycles. The molecule has 2 aromatic carbocycles. The second kappa shape index (κ2) is 8.43. The lowest BCUT2D eigenvalue weighted by Crippen LogP contribution is -2.23. The Morgan fingerprint density at radius 3 is 1.91 bits per heavy atom. The molecule has 0 amide bonds. The normalized spacial score (nSPS) is 32.8. The van der Waals surface area contributed by atoms with E-state index in [2.05, 4.69) is 52.0 Å².